The lowest BCUT2D eigenvalue weighted by Crippen LogP contribution is -2.32. The Bertz CT molecular complexity index is 434. The summed E-state index contributed by atoms with van der Waals surface area (Å²) in [6, 6.07) is 7.40. The van der Waals surface area contributed by atoms with E-state index in [2.05, 4.69) is 5.32 Å². The molecule has 1 atom stereocenters. The third kappa shape index (κ3) is 4.75. The molecule has 1 aliphatic rings. The average Bonchev–Trinajstić information content (AvgIpc) is 2.45. The van der Waals surface area contributed by atoms with Crippen LogP contribution in [0.5, 0.6) is 0 Å². The van der Waals surface area contributed by atoms with Crippen molar-refractivity contribution in [2.45, 2.75) is 12.8 Å². The van der Waals surface area contributed by atoms with E-state index >= 15 is 0 Å². The van der Waals surface area contributed by atoms with Crippen molar-refractivity contribution in [2.24, 2.45) is 5.92 Å². The minimum absolute atomic E-state index is 0.0672. The molecule has 1 fully saturated rings. The summed E-state index contributed by atoms with van der Waals surface area (Å²) < 4.78 is 5.37. The van der Waals surface area contributed by atoms with E-state index in [0.29, 0.717) is 12.5 Å². The predicted molar refractivity (Wildman–Crippen MR) is 76.4 cm³/mol. The van der Waals surface area contributed by atoms with Gasteiger partial charge in [0.2, 0.25) is 5.91 Å². The van der Waals surface area contributed by atoms with Gasteiger partial charge in [0.15, 0.2) is 0 Å². The van der Waals surface area contributed by atoms with Gasteiger partial charge in [-0.2, -0.15) is 0 Å². The highest BCUT2D eigenvalue weighted by Crippen LogP contribution is 2.12. The Kier molecular flexibility index (Phi) is 4.98. The van der Waals surface area contributed by atoms with Gasteiger partial charge in [-0.25, -0.2) is 0 Å². The second kappa shape index (κ2) is 6.95. The number of nitrogens with two attached hydrogens (primary N) is 1. The zero-order valence-corrected chi connectivity index (χ0v) is 11.0. The minimum Gasteiger partial charge on any atom is -0.399 e. The second-order valence-electron chi connectivity index (χ2n) is 4.83. The Morgan fingerprint density at radius 2 is 2.21 bits per heavy atom. The molecule has 4 heteroatoms. The molecule has 102 valence electrons. The Morgan fingerprint density at radius 1 is 1.42 bits per heavy atom. The lowest BCUT2D eigenvalue weighted by molar-refractivity contribution is -0.116. The standard InChI is InChI=1S/C15H20N2O2/c16-14-6-3-12(4-7-14)5-8-15(18)17-10-13-2-1-9-19-11-13/h3-8,13H,1-2,9-11,16H2,(H,17,18)/b8-5+. The number of benzene rings is 1. The monoisotopic (exact) mass is 260 g/mol. The van der Waals surface area contributed by atoms with Gasteiger partial charge < -0.3 is 15.8 Å². The first kappa shape index (κ1) is 13.6. The molecule has 0 spiro atoms. The van der Waals surface area contributed by atoms with Gasteiger partial charge in [0.05, 0.1) is 6.61 Å². The van der Waals surface area contributed by atoms with E-state index < -0.39 is 0 Å². The van der Waals surface area contributed by atoms with Gasteiger partial charge in [0, 0.05) is 24.9 Å². The van der Waals surface area contributed by atoms with Gasteiger partial charge in [-0.3, -0.25) is 4.79 Å². The number of anilines is 1. The Morgan fingerprint density at radius 3 is 2.89 bits per heavy atom. The first-order valence-electron chi connectivity index (χ1n) is 6.63. The van der Waals surface area contributed by atoms with E-state index in [1.54, 1.807) is 12.2 Å². The molecule has 0 radical (unpaired) electrons. The second-order valence-corrected chi connectivity index (χ2v) is 4.83. The molecule has 0 aromatic heterocycles. The molecule has 1 aliphatic heterocycles. The van der Waals surface area contributed by atoms with Crippen LogP contribution in [0.2, 0.25) is 0 Å². The maximum atomic E-state index is 11.7. The summed E-state index contributed by atoms with van der Waals surface area (Å²) in [6.07, 6.45) is 5.55. The summed E-state index contributed by atoms with van der Waals surface area (Å²) in [7, 11) is 0. The van der Waals surface area contributed by atoms with Gasteiger partial charge in [-0.15, -0.1) is 0 Å². The quantitative estimate of drug-likeness (QED) is 0.641. The van der Waals surface area contributed by atoms with Gasteiger partial charge >= 0.3 is 0 Å². The summed E-state index contributed by atoms with van der Waals surface area (Å²) in [5.74, 6) is 0.380. The summed E-state index contributed by atoms with van der Waals surface area (Å²) in [6.45, 7) is 2.29. The molecule has 2 rings (SSSR count). The highest BCUT2D eigenvalue weighted by molar-refractivity contribution is 5.91. The summed E-state index contributed by atoms with van der Waals surface area (Å²) >= 11 is 0. The Balaban J connectivity index is 1.75. The minimum atomic E-state index is -0.0672. The highest BCUT2D eigenvalue weighted by Gasteiger charge is 2.13. The van der Waals surface area contributed by atoms with E-state index in [-0.39, 0.29) is 5.91 Å². The molecular formula is C15H20N2O2. The molecule has 0 bridgehead atoms. The molecule has 1 heterocycles. The number of nitrogens with one attached hydrogen (secondary N) is 1. The van der Waals surface area contributed by atoms with Crippen LogP contribution in [0.1, 0.15) is 18.4 Å². The zero-order valence-electron chi connectivity index (χ0n) is 11.0. The third-order valence-corrected chi connectivity index (χ3v) is 3.18. The predicted octanol–water partition coefficient (Wildman–Crippen LogP) is 1.82. The zero-order chi connectivity index (χ0) is 13.5. The van der Waals surface area contributed by atoms with Crippen LogP contribution in [0, 0.1) is 5.92 Å². The van der Waals surface area contributed by atoms with Crippen molar-refractivity contribution < 1.29 is 9.53 Å². The number of rotatable bonds is 4. The molecule has 1 aromatic carbocycles. The van der Waals surface area contributed by atoms with Crippen LogP contribution in [-0.4, -0.2) is 25.7 Å². The highest BCUT2D eigenvalue weighted by atomic mass is 16.5. The normalized spacial score (nSPS) is 19.5. The first-order valence-corrected chi connectivity index (χ1v) is 6.63. The van der Waals surface area contributed by atoms with Gasteiger partial charge in [-0.05, 0) is 42.5 Å². The maximum absolute atomic E-state index is 11.7. The number of carbonyl (C=O) groups is 1. The smallest absolute Gasteiger partial charge is 0.244 e. The molecule has 1 aromatic rings. The van der Waals surface area contributed by atoms with Crippen LogP contribution in [0.15, 0.2) is 30.3 Å². The van der Waals surface area contributed by atoms with Crippen LogP contribution >= 0.6 is 0 Å². The SMILES string of the molecule is Nc1ccc(/C=C/C(=O)NCC2CCCOC2)cc1. The fourth-order valence-electron chi connectivity index (χ4n) is 2.05. The molecular weight excluding hydrogens is 240 g/mol. The molecule has 1 saturated heterocycles. The number of hydrogen-bond donors (Lipinski definition) is 2. The van der Waals surface area contributed by atoms with Crippen molar-refractivity contribution in [3.8, 4) is 0 Å². The number of amides is 1. The molecule has 1 amide bonds. The van der Waals surface area contributed by atoms with E-state index in [1.165, 1.54) is 0 Å². The molecule has 1 unspecified atom stereocenters. The summed E-state index contributed by atoms with van der Waals surface area (Å²) in [5.41, 5.74) is 7.28. The molecule has 4 nitrogen and oxygen atoms in total. The van der Waals surface area contributed by atoms with Crippen LogP contribution in [-0.2, 0) is 9.53 Å². The molecule has 0 saturated carbocycles. The van der Waals surface area contributed by atoms with Crippen LogP contribution in [0.25, 0.3) is 6.08 Å². The Labute approximate surface area is 113 Å². The molecule has 0 aliphatic carbocycles. The van der Waals surface area contributed by atoms with Crippen molar-refractivity contribution >= 4 is 17.7 Å². The van der Waals surface area contributed by atoms with E-state index in [0.717, 1.165) is 37.3 Å². The number of carbonyl (C=O) groups excluding carboxylic acids is 1. The fourth-order valence-corrected chi connectivity index (χ4v) is 2.05. The lowest BCUT2D eigenvalue weighted by atomic mass is 10.0. The Hall–Kier alpha value is -1.81. The van der Waals surface area contributed by atoms with Crippen molar-refractivity contribution in [2.75, 3.05) is 25.5 Å². The van der Waals surface area contributed by atoms with Gasteiger partial charge in [0.25, 0.3) is 0 Å². The third-order valence-electron chi connectivity index (χ3n) is 3.18. The van der Waals surface area contributed by atoms with Crippen molar-refractivity contribution in [1.82, 2.24) is 5.32 Å². The molecule has 19 heavy (non-hydrogen) atoms. The summed E-state index contributed by atoms with van der Waals surface area (Å²) in [4.78, 5) is 11.7. The maximum Gasteiger partial charge on any atom is 0.244 e. The number of nitrogen functional groups attached to an aromatic ring is 1. The van der Waals surface area contributed by atoms with Gasteiger partial charge in [0.1, 0.15) is 0 Å². The first-order chi connectivity index (χ1) is 9.24. The van der Waals surface area contributed by atoms with E-state index in [1.807, 2.05) is 24.3 Å². The largest absolute Gasteiger partial charge is 0.399 e. The number of ether oxygens (including phenoxy) is 1. The number of hydrogen-bond acceptors (Lipinski definition) is 3. The van der Waals surface area contributed by atoms with Crippen LogP contribution < -0.4 is 11.1 Å². The van der Waals surface area contributed by atoms with Crippen molar-refractivity contribution in [1.29, 1.82) is 0 Å². The summed E-state index contributed by atoms with van der Waals surface area (Å²) in [5, 5.41) is 2.90. The lowest BCUT2D eigenvalue weighted by Gasteiger charge is -2.21. The van der Waals surface area contributed by atoms with E-state index in [4.69, 9.17) is 10.5 Å². The average molecular weight is 260 g/mol. The van der Waals surface area contributed by atoms with Gasteiger partial charge in [-0.1, -0.05) is 12.1 Å². The van der Waals surface area contributed by atoms with Crippen LogP contribution in [0.4, 0.5) is 5.69 Å². The van der Waals surface area contributed by atoms with Crippen LogP contribution in [0.3, 0.4) is 0 Å². The van der Waals surface area contributed by atoms with Crippen molar-refractivity contribution in [3.05, 3.63) is 35.9 Å². The topological polar surface area (TPSA) is 64.4 Å². The van der Waals surface area contributed by atoms with Crippen molar-refractivity contribution in [3.63, 3.8) is 0 Å². The molecule has 3 N–H and O–H groups in total. The van der Waals surface area contributed by atoms with E-state index in [9.17, 15) is 4.79 Å². The fraction of sp³-hybridized carbons (Fsp3) is 0.400.